The number of hydrogen-bond acceptors (Lipinski definition) is 3. The number of alkyl halides is 9. The zero-order chi connectivity index (χ0) is 36.1. The van der Waals surface area contributed by atoms with E-state index in [1.807, 2.05) is 26.0 Å². The standard InChI is InChI=1S/C27H15F9O.C10H12O2/c28-25(29,30)18-9-6-15-17-8-11-20(27(34,35)36)24-19(26(31,32)33)10-7-16(23(17)24)14-5-4-13(3-1-2-12-37)21(18)22(14)15;1-7-4-9(12-3)5-8(2)10(7)6-11/h4-12H,1-3H2;4-6H,1-3H3. The molecule has 6 aromatic carbocycles. The molecule has 0 fully saturated rings. The van der Waals surface area contributed by atoms with E-state index in [2.05, 4.69) is 0 Å². The molecule has 0 aromatic heterocycles. The minimum absolute atomic E-state index is 0.0135. The third kappa shape index (κ3) is 6.48. The average molecular weight is 691 g/mol. The summed E-state index contributed by atoms with van der Waals surface area (Å²) in [6.07, 6.45) is -12.9. The first-order chi connectivity index (χ1) is 22.9. The topological polar surface area (TPSA) is 43.4 Å². The fraction of sp³-hybridized carbons (Fsp3) is 0.243. The second-order valence-corrected chi connectivity index (χ2v) is 11.6. The first kappa shape index (κ1) is 35.4. The van der Waals surface area contributed by atoms with Gasteiger partial charge in [0, 0.05) is 17.4 Å². The fourth-order valence-corrected chi connectivity index (χ4v) is 6.49. The molecule has 49 heavy (non-hydrogen) atoms. The van der Waals surface area contributed by atoms with Crippen LogP contribution in [0.4, 0.5) is 39.5 Å². The van der Waals surface area contributed by atoms with Gasteiger partial charge in [0.05, 0.1) is 23.8 Å². The van der Waals surface area contributed by atoms with Crippen molar-refractivity contribution < 1.29 is 53.8 Å². The van der Waals surface area contributed by atoms with Gasteiger partial charge in [-0.2, -0.15) is 39.5 Å². The molecule has 256 valence electrons. The Labute approximate surface area is 273 Å². The van der Waals surface area contributed by atoms with Crippen LogP contribution < -0.4 is 4.74 Å². The highest BCUT2D eigenvalue weighted by Gasteiger charge is 2.40. The summed E-state index contributed by atoms with van der Waals surface area (Å²) in [6, 6.07) is 11.5. The largest absolute Gasteiger partial charge is 0.497 e. The molecular formula is C37H27F9O3. The van der Waals surface area contributed by atoms with Gasteiger partial charge in [0.25, 0.3) is 0 Å². The lowest BCUT2D eigenvalue weighted by Crippen LogP contribution is -2.12. The minimum atomic E-state index is -5.10. The minimum Gasteiger partial charge on any atom is -0.497 e. The van der Waals surface area contributed by atoms with Gasteiger partial charge in [-0.25, -0.2) is 0 Å². The summed E-state index contributed by atoms with van der Waals surface area (Å²) < 4.78 is 130. The summed E-state index contributed by atoms with van der Waals surface area (Å²) in [5, 5.41) is -1.23. The van der Waals surface area contributed by atoms with E-state index in [4.69, 9.17) is 4.74 Å². The average Bonchev–Trinajstić information content (AvgIpc) is 3.02. The molecule has 0 aliphatic carbocycles. The summed E-state index contributed by atoms with van der Waals surface area (Å²) in [5.74, 6) is 0.801. The number of fused-ring (bicyclic) bond motifs is 2. The number of aldehydes is 2. The molecule has 12 heteroatoms. The van der Waals surface area contributed by atoms with Crippen molar-refractivity contribution in [2.45, 2.75) is 51.6 Å². The van der Waals surface area contributed by atoms with Crippen LogP contribution >= 0.6 is 0 Å². The van der Waals surface area contributed by atoms with Crippen molar-refractivity contribution in [1.29, 1.82) is 0 Å². The van der Waals surface area contributed by atoms with Crippen LogP contribution in [0.3, 0.4) is 0 Å². The Morgan fingerprint density at radius 1 is 0.592 bits per heavy atom. The van der Waals surface area contributed by atoms with E-state index >= 15 is 0 Å². The molecule has 3 nitrogen and oxygen atoms in total. The predicted octanol–water partition coefficient (Wildman–Crippen LogP) is 11.4. The van der Waals surface area contributed by atoms with Gasteiger partial charge in [-0.15, -0.1) is 0 Å². The Bertz CT molecular complexity index is 2120. The fourth-order valence-electron chi connectivity index (χ4n) is 6.49. The first-order valence-electron chi connectivity index (χ1n) is 14.9. The monoisotopic (exact) mass is 690 g/mol. The quantitative estimate of drug-likeness (QED) is 0.0574. The van der Waals surface area contributed by atoms with Crippen molar-refractivity contribution in [3.63, 3.8) is 0 Å². The summed E-state index contributed by atoms with van der Waals surface area (Å²) in [6.45, 7) is 3.80. The molecule has 0 saturated heterocycles. The lowest BCUT2D eigenvalue weighted by molar-refractivity contribution is -0.140. The van der Waals surface area contributed by atoms with Crippen molar-refractivity contribution >= 4 is 55.7 Å². The van der Waals surface area contributed by atoms with Gasteiger partial charge in [0.1, 0.15) is 12.0 Å². The molecule has 0 unspecified atom stereocenters. The Morgan fingerprint density at radius 3 is 1.39 bits per heavy atom. The van der Waals surface area contributed by atoms with E-state index in [9.17, 15) is 49.1 Å². The predicted molar refractivity (Wildman–Crippen MR) is 170 cm³/mol. The first-order valence-corrected chi connectivity index (χ1v) is 14.9. The van der Waals surface area contributed by atoms with Crippen molar-refractivity contribution in [3.8, 4) is 5.75 Å². The van der Waals surface area contributed by atoms with Crippen LogP contribution in [0.5, 0.6) is 5.75 Å². The second kappa shape index (κ2) is 12.9. The van der Waals surface area contributed by atoms with Crippen LogP contribution in [0.25, 0.3) is 43.1 Å². The van der Waals surface area contributed by atoms with E-state index < -0.39 is 40.6 Å². The van der Waals surface area contributed by atoms with Crippen molar-refractivity contribution in [2.24, 2.45) is 0 Å². The molecular weight excluding hydrogens is 663 g/mol. The highest BCUT2D eigenvalue weighted by Crippen LogP contribution is 2.50. The van der Waals surface area contributed by atoms with E-state index in [0.29, 0.717) is 18.4 Å². The molecule has 0 bridgehead atoms. The van der Waals surface area contributed by atoms with Crippen molar-refractivity contribution in [1.82, 2.24) is 0 Å². The lowest BCUT2D eigenvalue weighted by Gasteiger charge is -2.23. The molecule has 6 rings (SSSR count). The molecule has 0 atom stereocenters. The van der Waals surface area contributed by atoms with Crippen LogP contribution in [0.2, 0.25) is 0 Å². The number of halogens is 9. The highest BCUT2D eigenvalue weighted by atomic mass is 19.4. The van der Waals surface area contributed by atoms with Gasteiger partial charge in [-0.3, -0.25) is 4.79 Å². The molecule has 0 N–H and O–H groups in total. The third-order valence-corrected chi connectivity index (χ3v) is 8.59. The number of carbonyl (C=O) groups excluding carboxylic acids is 2. The SMILES string of the molecule is COc1cc(C)c(C=O)c(C)c1.O=CCCCc1ccc2c3ccc(C(F)(F)F)c4c(C(F)(F)F)ccc(c5ccc(C(F)(F)F)c1c25)c43. The molecule has 6 aromatic rings. The Hall–Kier alpha value is -4.87. The Kier molecular flexibility index (Phi) is 9.31. The van der Waals surface area contributed by atoms with Gasteiger partial charge in [-0.1, -0.05) is 30.3 Å². The van der Waals surface area contributed by atoms with Crippen LogP contribution in [0.15, 0.2) is 60.7 Å². The Balaban J connectivity index is 0.000000330. The lowest BCUT2D eigenvalue weighted by atomic mass is 9.83. The maximum atomic E-state index is 14.1. The number of ether oxygens (including phenoxy) is 1. The number of methoxy groups -OCH3 is 1. The van der Waals surface area contributed by atoms with Crippen molar-refractivity contribution in [3.05, 3.63) is 99.6 Å². The van der Waals surface area contributed by atoms with E-state index in [1.54, 1.807) is 7.11 Å². The molecule has 0 aliphatic heterocycles. The van der Waals surface area contributed by atoms with Gasteiger partial charge in [0.2, 0.25) is 0 Å². The normalized spacial score (nSPS) is 12.5. The van der Waals surface area contributed by atoms with Crippen LogP contribution in [-0.2, 0) is 29.7 Å². The van der Waals surface area contributed by atoms with E-state index in [0.717, 1.165) is 53.0 Å². The number of carbonyl (C=O) groups is 2. The summed E-state index contributed by atoms with van der Waals surface area (Å²) >= 11 is 0. The zero-order valence-electron chi connectivity index (χ0n) is 26.2. The number of rotatable bonds is 6. The van der Waals surface area contributed by atoms with E-state index in [-0.39, 0.29) is 62.5 Å². The number of aryl methyl sites for hydroxylation is 3. The highest BCUT2D eigenvalue weighted by molar-refractivity contribution is 6.34. The summed E-state index contributed by atoms with van der Waals surface area (Å²) in [5.41, 5.74) is -0.949. The summed E-state index contributed by atoms with van der Waals surface area (Å²) in [4.78, 5) is 21.4. The third-order valence-electron chi connectivity index (χ3n) is 8.59. The van der Waals surface area contributed by atoms with Crippen LogP contribution in [0, 0.1) is 13.8 Å². The molecule has 0 amide bonds. The van der Waals surface area contributed by atoms with Gasteiger partial charge in [0.15, 0.2) is 6.29 Å². The molecule has 0 radical (unpaired) electrons. The smallest absolute Gasteiger partial charge is 0.417 e. The summed E-state index contributed by atoms with van der Waals surface area (Å²) in [7, 11) is 1.62. The van der Waals surface area contributed by atoms with Gasteiger partial charge in [-0.05, 0) is 111 Å². The molecule has 0 saturated carbocycles. The molecule has 0 aliphatic rings. The number of benzene rings is 6. The maximum Gasteiger partial charge on any atom is 0.417 e. The second-order valence-electron chi connectivity index (χ2n) is 11.6. The van der Waals surface area contributed by atoms with Gasteiger partial charge < -0.3 is 9.53 Å². The number of unbranched alkanes of at least 4 members (excludes halogenated alkanes) is 1. The zero-order valence-corrected chi connectivity index (χ0v) is 26.2. The maximum absolute atomic E-state index is 14.1. The van der Waals surface area contributed by atoms with E-state index in [1.165, 1.54) is 12.1 Å². The number of hydrogen-bond donors (Lipinski definition) is 0. The van der Waals surface area contributed by atoms with Crippen LogP contribution in [-0.4, -0.2) is 19.7 Å². The van der Waals surface area contributed by atoms with Crippen molar-refractivity contribution in [2.75, 3.05) is 7.11 Å². The van der Waals surface area contributed by atoms with Crippen LogP contribution in [0.1, 0.15) is 56.6 Å². The molecule has 0 spiro atoms. The molecule has 0 heterocycles. The van der Waals surface area contributed by atoms with Gasteiger partial charge >= 0.3 is 18.5 Å². The Morgan fingerprint density at radius 2 is 1.00 bits per heavy atom.